The predicted octanol–water partition coefficient (Wildman–Crippen LogP) is 3.45. The van der Waals surface area contributed by atoms with Crippen LogP contribution in [-0.4, -0.2) is 14.7 Å². The highest BCUT2D eigenvalue weighted by atomic mass is 79.9. The fourth-order valence-corrected chi connectivity index (χ4v) is 2.23. The molecule has 0 amide bonds. The SMILES string of the molecule is CC(C)n1cncc1C(O)c1cccc(Br)c1F. The first-order valence-electron chi connectivity index (χ1n) is 5.66. The van der Waals surface area contributed by atoms with E-state index in [4.69, 9.17) is 0 Å². The minimum atomic E-state index is -1.02. The molecule has 1 unspecified atom stereocenters. The highest BCUT2D eigenvalue weighted by molar-refractivity contribution is 9.10. The van der Waals surface area contributed by atoms with Gasteiger partial charge in [0.2, 0.25) is 0 Å². The summed E-state index contributed by atoms with van der Waals surface area (Å²) in [6.07, 6.45) is 2.18. The highest BCUT2D eigenvalue weighted by Gasteiger charge is 2.20. The van der Waals surface area contributed by atoms with Crippen molar-refractivity contribution in [1.29, 1.82) is 0 Å². The maximum Gasteiger partial charge on any atom is 0.143 e. The van der Waals surface area contributed by atoms with Gasteiger partial charge in [-0.2, -0.15) is 0 Å². The Kier molecular flexibility index (Phi) is 3.82. The zero-order valence-electron chi connectivity index (χ0n) is 10.1. The molecule has 0 aliphatic carbocycles. The number of halogens is 2. The van der Waals surface area contributed by atoms with Crippen LogP contribution in [0, 0.1) is 5.82 Å². The lowest BCUT2D eigenvalue weighted by molar-refractivity contribution is 0.202. The number of imidazole rings is 1. The van der Waals surface area contributed by atoms with Gasteiger partial charge in [0.1, 0.15) is 11.9 Å². The third-order valence-electron chi connectivity index (χ3n) is 2.81. The van der Waals surface area contributed by atoms with Crippen molar-refractivity contribution in [2.24, 2.45) is 0 Å². The average molecular weight is 313 g/mol. The lowest BCUT2D eigenvalue weighted by Gasteiger charge is -2.17. The van der Waals surface area contributed by atoms with E-state index in [9.17, 15) is 9.50 Å². The second-order valence-electron chi connectivity index (χ2n) is 4.37. The molecule has 1 aromatic heterocycles. The van der Waals surface area contributed by atoms with Gasteiger partial charge in [-0.25, -0.2) is 9.37 Å². The molecule has 0 bridgehead atoms. The van der Waals surface area contributed by atoms with E-state index in [0.29, 0.717) is 10.2 Å². The molecule has 0 saturated carbocycles. The van der Waals surface area contributed by atoms with Crippen molar-refractivity contribution < 1.29 is 9.50 Å². The smallest absolute Gasteiger partial charge is 0.143 e. The Hall–Kier alpha value is -1.20. The molecule has 1 N–H and O–H groups in total. The lowest BCUT2D eigenvalue weighted by atomic mass is 10.1. The Labute approximate surface area is 113 Å². The summed E-state index contributed by atoms with van der Waals surface area (Å²) in [7, 11) is 0. The fourth-order valence-electron chi connectivity index (χ4n) is 1.85. The first kappa shape index (κ1) is 13.2. The second-order valence-corrected chi connectivity index (χ2v) is 5.22. The lowest BCUT2D eigenvalue weighted by Crippen LogP contribution is -2.11. The van der Waals surface area contributed by atoms with Crippen molar-refractivity contribution in [1.82, 2.24) is 9.55 Å². The van der Waals surface area contributed by atoms with Crippen LogP contribution in [0.5, 0.6) is 0 Å². The van der Waals surface area contributed by atoms with Gasteiger partial charge in [0.25, 0.3) is 0 Å². The van der Waals surface area contributed by atoms with E-state index in [1.165, 1.54) is 0 Å². The first-order valence-corrected chi connectivity index (χ1v) is 6.45. The van der Waals surface area contributed by atoms with Crippen LogP contribution in [0.3, 0.4) is 0 Å². The van der Waals surface area contributed by atoms with Crippen LogP contribution in [-0.2, 0) is 0 Å². The monoisotopic (exact) mass is 312 g/mol. The van der Waals surface area contributed by atoms with E-state index in [-0.39, 0.29) is 11.6 Å². The van der Waals surface area contributed by atoms with Crippen LogP contribution in [0.15, 0.2) is 35.2 Å². The van der Waals surface area contributed by atoms with Gasteiger partial charge in [-0.15, -0.1) is 0 Å². The molecule has 0 aliphatic rings. The minimum Gasteiger partial charge on any atom is -0.382 e. The summed E-state index contributed by atoms with van der Waals surface area (Å²) < 4.78 is 16.1. The largest absolute Gasteiger partial charge is 0.382 e. The maximum atomic E-state index is 13.9. The number of rotatable bonds is 3. The Bertz CT molecular complexity index is 554. The molecule has 5 heteroatoms. The summed E-state index contributed by atoms with van der Waals surface area (Å²) in [6, 6.07) is 5.03. The molecular weight excluding hydrogens is 299 g/mol. The van der Waals surface area contributed by atoms with Gasteiger partial charge in [0.05, 0.1) is 22.7 Å². The van der Waals surface area contributed by atoms with Gasteiger partial charge >= 0.3 is 0 Å². The van der Waals surface area contributed by atoms with Gasteiger partial charge in [0, 0.05) is 11.6 Å². The van der Waals surface area contributed by atoms with Crippen LogP contribution in [0.1, 0.15) is 37.3 Å². The number of benzene rings is 1. The Morgan fingerprint density at radius 1 is 1.39 bits per heavy atom. The predicted molar refractivity (Wildman–Crippen MR) is 70.8 cm³/mol. The van der Waals surface area contributed by atoms with E-state index in [2.05, 4.69) is 20.9 Å². The molecule has 2 rings (SSSR count). The van der Waals surface area contributed by atoms with Crippen LogP contribution in [0.2, 0.25) is 0 Å². The standard InChI is InChI=1S/C13H14BrFN2O/c1-8(2)17-7-16-6-11(17)13(18)9-4-3-5-10(14)12(9)15/h3-8,13,18H,1-2H3. The third kappa shape index (κ3) is 2.33. The molecule has 1 heterocycles. The topological polar surface area (TPSA) is 38.0 Å². The average Bonchev–Trinajstić information content (AvgIpc) is 2.81. The zero-order chi connectivity index (χ0) is 13.3. The summed E-state index contributed by atoms with van der Waals surface area (Å²) in [5, 5.41) is 10.3. The van der Waals surface area contributed by atoms with Gasteiger partial charge in [-0.3, -0.25) is 0 Å². The third-order valence-corrected chi connectivity index (χ3v) is 3.42. The maximum absolute atomic E-state index is 13.9. The van der Waals surface area contributed by atoms with Crippen LogP contribution < -0.4 is 0 Å². The molecule has 0 radical (unpaired) electrons. The molecule has 0 saturated heterocycles. The summed E-state index contributed by atoms with van der Waals surface area (Å²) in [5.74, 6) is -0.443. The molecule has 3 nitrogen and oxygen atoms in total. The van der Waals surface area contributed by atoms with Crippen LogP contribution in [0.4, 0.5) is 4.39 Å². The Morgan fingerprint density at radius 3 is 2.78 bits per heavy atom. The molecule has 96 valence electrons. The van der Waals surface area contributed by atoms with Gasteiger partial charge < -0.3 is 9.67 Å². The minimum absolute atomic E-state index is 0.160. The number of aliphatic hydroxyl groups is 1. The van der Waals surface area contributed by atoms with Crippen molar-refractivity contribution in [3.05, 3.63) is 52.3 Å². The molecule has 1 atom stereocenters. The normalized spacial score (nSPS) is 13.0. The van der Waals surface area contributed by atoms with E-state index < -0.39 is 11.9 Å². The number of nitrogens with zero attached hydrogens (tertiary/aromatic N) is 2. The number of aromatic nitrogens is 2. The fraction of sp³-hybridized carbons (Fsp3) is 0.308. The van der Waals surface area contributed by atoms with E-state index >= 15 is 0 Å². The quantitative estimate of drug-likeness (QED) is 0.942. The van der Waals surface area contributed by atoms with Gasteiger partial charge in [0.15, 0.2) is 0 Å². The zero-order valence-corrected chi connectivity index (χ0v) is 11.7. The van der Waals surface area contributed by atoms with Crippen LogP contribution >= 0.6 is 15.9 Å². The number of hydrogen-bond acceptors (Lipinski definition) is 2. The highest BCUT2D eigenvalue weighted by Crippen LogP contribution is 2.29. The van der Waals surface area contributed by atoms with E-state index in [0.717, 1.165) is 0 Å². The molecule has 0 spiro atoms. The second kappa shape index (κ2) is 5.20. The van der Waals surface area contributed by atoms with E-state index in [1.807, 2.05) is 18.4 Å². The first-order chi connectivity index (χ1) is 8.52. The summed E-state index contributed by atoms with van der Waals surface area (Å²) in [5.41, 5.74) is 0.828. The molecule has 18 heavy (non-hydrogen) atoms. The van der Waals surface area contributed by atoms with Crippen LogP contribution in [0.25, 0.3) is 0 Å². The summed E-state index contributed by atoms with van der Waals surface area (Å²) >= 11 is 3.12. The Morgan fingerprint density at radius 2 is 2.11 bits per heavy atom. The van der Waals surface area contributed by atoms with Crippen molar-refractivity contribution in [2.75, 3.05) is 0 Å². The van der Waals surface area contributed by atoms with E-state index in [1.54, 1.807) is 30.7 Å². The van der Waals surface area contributed by atoms with Crippen molar-refractivity contribution in [3.8, 4) is 0 Å². The molecule has 2 aromatic rings. The van der Waals surface area contributed by atoms with Crippen molar-refractivity contribution in [3.63, 3.8) is 0 Å². The number of hydrogen-bond donors (Lipinski definition) is 1. The summed E-state index contributed by atoms with van der Waals surface area (Å²) in [4.78, 5) is 4.01. The van der Waals surface area contributed by atoms with Crippen molar-refractivity contribution >= 4 is 15.9 Å². The van der Waals surface area contributed by atoms with Gasteiger partial charge in [-0.05, 0) is 35.8 Å². The number of aliphatic hydroxyl groups excluding tert-OH is 1. The van der Waals surface area contributed by atoms with Crippen molar-refractivity contribution in [2.45, 2.75) is 26.0 Å². The molecule has 0 aliphatic heterocycles. The van der Waals surface area contributed by atoms with Gasteiger partial charge in [-0.1, -0.05) is 12.1 Å². The molecular formula is C13H14BrFN2O. The molecule has 0 fully saturated rings. The Balaban J connectivity index is 2.45. The molecule has 1 aromatic carbocycles. The summed E-state index contributed by atoms with van der Waals surface area (Å²) in [6.45, 7) is 3.96.